The maximum Gasteiger partial charge on any atom is 0.177 e. The zero-order valence-corrected chi connectivity index (χ0v) is 6.27. The van der Waals surface area contributed by atoms with E-state index in [0.717, 1.165) is 5.92 Å². The van der Waals surface area contributed by atoms with Crippen molar-refractivity contribution in [3.05, 3.63) is 12.2 Å². The molecule has 0 aromatic carbocycles. The average Bonchev–Trinajstić information content (AvgIpc) is 2.05. The van der Waals surface area contributed by atoms with Crippen molar-refractivity contribution in [3.8, 4) is 0 Å². The average molecular weight is 136 g/mol. The molecule has 10 heavy (non-hydrogen) atoms. The highest BCUT2D eigenvalue weighted by molar-refractivity contribution is 5.92. The van der Waals surface area contributed by atoms with Gasteiger partial charge in [-0.1, -0.05) is 6.08 Å². The predicted octanol–water partition coefficient (Wildman–Crippen LogP) is 0.268. The van der Waals surface area contributed by atoms with Gasteiger partial charge >= 0.3 is 0 Å². The van der Waals surface area contributed by atoms with Crippen molar-refractivity contribution < 1.29 is 4.99 Å². The minimum absolute atomic E-state index is 0.874. The van der Waals surface area contributed by atoms with Crippen LogP contribution in [-0.2, 0) is 0 Å². The second kappa shape index (κ2) is 2.57. The molecule has 1 aliphatic carbocycles. The van der Waals surface area contributed by atoms with Gasteiger partial charge in [0.05, 0.1) is 0 Å². The molecule has 0 radical (unpaired) electrons. The van der Waals surface area contributed by atoms with Crippen LogP contribution in [0.2, 0.25) is 0 Å². The number of hydrogen-bond acceptors (Lipinski definition) is 0. The van der Waals surface area contributed by atoms with Gasteiger partial charge < -0.3 is 0 Å². The van der Waals surface area contributed by atoms with Crippen LogP contribution in [0.5, 0.6) is 0 Å². The summed E-state index contributed by atoms with van der Waals surface area (Å²) in [4.78, 5) is 3.45. The van der Waals surface area contributed by atoms with E-state index in [1.807, 2.05) is 0 Å². The third kappa shape index (κ3) is 1.00. The summed E-state index contributed by atoms with van der Waals surface area (Å²) in [6.07, 6.45) is 9.99. The summed E-state index contributed by atoms with van der Waals surface area (Å²) in [6.45, 7) is 1.19. The highest BCUT2D eigenvalue weighted by Gasteiger charge is 2.23. The summed E-state index contributed by atoms with van der Waals surface area (Å²) in [7, 11) is 0. The maximum atomic E-state index is 3.45. The van der Waals surface area contributed by atoms with Crippen molar-refractivity contribution >= 4 is 5.71 Å². The zero-order chi connectivity index (χ0) is 6.81. The SMILES string of the molecule is C1=CC2=[NH+]CCCC2CC1. The lowest BCUT2D eigenvalue weighted by Gasteiger charge is -2.18. The fourth-order valence-electron chi connectivity index (χ4n) is 1.88. The molecule has 0 bridgehead atoms. The van der Waals surface area contributed by atoms with Crippen molar-refractivity contribution in [1.29, 1.82) is 0 Å². The third-order valence-corrected chi connectivity index (χ3v) is 2.48. The fourth-order valence-corrected chi connectivity index (χ4v) is 1.88. The van der Waals surface area contributed by atoms with E-state index in [-0.39, 0.29) is 0 Å². The molecule has 0 spiro atoms. The highest BCUT2D eigenvalue weighted by atomic mass is 14.8. The number of allylic oxidation sites excluding steroid dienone is 2. The third-order valence-electron chi connectivity index (χ3n) is 2.48. The normalized spacial score (nSPS) is 31.2. The molecule has 1 unspecified atom stereocenters. The van der Waals surface area contributed by atoms with Crippen LogP contribution in [0.1, 0.15) is 25.7 Å². The van der Waals surface area contributed by atoms with Crippen LogP contribution in [0.3, 0.4) is 0 Å². The van der Waals surface area contributed by atoms with Crippen LogP contribution >= 0.6 is 0 Å². The first-order valence-corrected chi connectivity index (χ1v) is 4.24. The molecule has 1 N–H and O–H groups in total. The molecule has 0 fully saturated rings. The second-order valence-corrected chi connectivity index (χ2v) is 3.20. The topological polar surface area (TPSA) is 14.0 Å². The van der Waals surface area contributed by atoms with Gasteiger partial charge in [-0.3, -0.25) is 0 Å². The van der Waals surface area contributed by atoms with Gasteiger partial charge in [-0.05, 0) is 19.3 Å². The number of fused-ring (bicyclic) bond motifs is 1. The van der Waals surface area contributed by atoms with Crippen molar-refractivity contribution in [2.45, 2.75) is 25.7 Å². The predicted molar refractivity (Wildman–Crippen MR) is 41.9 cm³/mol. The van der Waals surface area contributed by atoms with Crippen LogP contribution in [0, 0.1) is 5.92 Å². The Labute approximate surface area is 61.9 Å². The van der Waals surface area contributed by atoms with Crippen molar-refractivity contribution in [1.82, 2.24) is 0 Å². The standard InChI is InChI=1S/C9H13N/c1-2-6-9-8(4-1)5-3-7-10-9/h2,6,8H,1,3-5,7H2/p+1. The van der Waals surface area contributed by atoms with Crippen LogP contribution in [0.15, 0.2) is 12.2 Å². The maximum absolute atomic E-state index is 3.45. The molecule has 1 aliphatic heterocycles. The molecule has 1 heterocycles. The first-order chi connectivity index (χ1) is 4.97. The Hall–Kier alpha value is -0.590. The highest BCUT2D eigenvalue weighted by Crippen LogP contribution is 2.19. The van der Waals surface area contributed by atoms with Crippen molar-refractivity contribution in [2.24, 2.45) is 5.92 Å². The molecule has 2 aliphatic rings. The Morgan fingerprint density at radius 2 is 2.40 bits per heavy atom. The molecular formula is C9H14N+. The van der Waals surface area contributed by atoms with E-state index in [1.165, 1.54) is 37.9 Å². The minimum Gasteiger partial charge on any atom is -0.245 e. The summed E-state index contributed by atoms with van der Waals surface area (Å²) < 4.78 is 0. The smallest absolute Gasteiger partial charge is 0.177 e. The Kier molecular flexibility index (Phi) is 1.58. The Balaban J connectivity index is 2.21. The number of rotatable bonds is 0. The van der Waals surface area contributed by atoms with Gasteiger partial charge in [0.2, 0.25) is 0 Å². The number of hydrogen-bond donors (Lipinski definition) is 1. The molecule has 2 rings (SSSR count). The first-order valence-electron chi connectivity index (χ1n) is 4.24. The minimum atomic E-state index is 0.874. The van der Waals surface area contributed by atoms with Crippen LogP contribution in [0.4, 0.5) is 0 Å². The van der Waals surface area contributed by atoms with Crippen molar-refractivity contribution in [3.63, 3.8) is 0 Å². The van der Waals surface area contributed by atoms with Gasteiger partial charge in [0.25, 0.3) is 0 Å². The van der Waals surface area contributed by atoms with E-state index in [0.29, 0.717) is 0 Å². The lowest BCUT2D eigenvalue weighted by molar-refractivity contribution is -0.465. The lowest BCUT2D eigenvalue weighted by Crippen LogP contribution is -2.76. The van der Waals surface area contributed by atoms with Gasteiger partial charge in [0.15, 0.2) is 5.71 Å². The summed E-state index contributed by atoms with van der Waals surface area (Å²) in [5.41, 5.74) is 1.50. The van der Waals surface area contributed by atoms with Gasteiger partial charge in [0, 0.05) is 18.4 Å². The Morgan fingerprint density at radius 1 is 1.40 bits per heavy atom. The first kappa shape index (κ1) is 6.14. The molecule has 1 atom stereocenters. The summed E-state index contributed by atoms with van der Waals surface area (Å²) in [6, 6.07) is 0. The van der Waals surface area contributed by atoms with Crippen LogP contribution in [0.25, 0.3) is 0 Å². The Bertz CT molecular complexity index is 179. The molecule has 1 heteroatoms. The molecule has 54 valence electrons. The largest absolute Gasteiger partial charge is 0.245 e. The quantitative estimate of drug-likeness (QED) is 0.491. The van der Waals surface area contributed by atoms with E-state index in [1.54, 1.807) is 0 Å². The summed E-state index contributed by atoms with van der Waals surface area (Å²) in [5.74, 6) is 0.874. The molecule has 0 aromatic rings. The zero-order valence-electron chi connectivity index (χ0n) is 6.27. The summed E-state index contributed by atoms with van der Waals surface area (Å²) in [5, 5.41) is 0. The van der Waals surface area contributed by atoms with E-state index in [4.69, 9.17) is 0 Å². The van der Waals surface area contributed by atoms with Gasteiger partial charge in [-0.2, -0.15) is 0 Å². The van der Waals surface area contributed by atoms with E-state index < -0.39 is 0 Å². The fraction of sp³-hybridized carbons (Fsp3) is 0.667. The monoisotopic (exact) mass is 136 g/mol. The van der Waals surface area contributed by atoms with Crippen molar-refractivity contribution in [2.75, 3.05) is 6.54 Å². The lowest BCUT2D eigenvalue weighted by atomic mass is 9.87. The molecule has 0 saturated carbocycles. The second-order valence-electron chi connectivity index (χ2n) is 3.20. The molecule has 0 aromatic heterocycles. The van der Waals surface area contributed by atoms with E-state index >= 15 is 0 Å². The molecule has 0 saturated heterocycles. The van der Waals surface area contributed by atoms with E-state index in [9.17, 15) is 0 Å². The van der Waals surface area contributed by atoms with Gasteiger partial charge in [0.1, 0.15) is 6.54 Å². The summed E-state index contributed by atoms with van der Waals surface area (Å²) >= 11 is 0. The molecular weight excluding hydrogens is 122 g/mol. The van der Waals surface area contributed by atoms with Crippen LogP contribution in [-0.4, -0.2) is 12.3 Å². The molecule has 0 amide bonds. The Morgan fingerprint density at radius 3 is 3.30 bits per heavy atom. The van der Waals surface area contributed by atoms with Gasteiger partial charge in [-0.25, -0.2) is 4.99 Å². The number of nitrogens with one attached hydrogen (secondary N) is 1. The van der Waals surface area contributed by atoms with Gasteiger partial charge in [-0.15, -0.1) is 0 Å². The van der Waals surface area contributed by atoms with E-state index in [2.05, 4.69) is 17.1 Å². The van der Waals surface area contributed by atoms with Crippen LogP contribution < -0.4 is 4.99 Å². The molecule has 1 nitrogen and oxygen atoms in total.